The third kappa shape index (κ3) is 2.46. The summed E-state index contributed by atoms with van der Waals surface area (Å²) in [6.45, 7) is 0.802. The first-order valence-electron chi connectivity index (χ1n) is 4.81. The first-order valence-corrected chi connectivity index (χ1v) is 6.07. The Bertz CT molecular complexity index is 470. The highest BCUT2D eigenvalue weighted by Crippen LogP contribution is 2.24. The lowest BCUT2D eigenvalue weighted by atomic mass is 10.3. The van der Waals surface area contributed by atoms with Crippen molar-refractivity contribution < 1.29 is 0 Å². The van der Waals surface area contributed by atoms with E-state index in [-0.39, 0.29) is 0 Å². The number of hydrogen-bond donors (Lipinski definition) is 1. The monoisotopic (exact) mass is 253 g/mol. The number of nitrogens with two attached hydrogens (primary N) is 1. The number of halogens is 1. The Kier molecular flexibility index (Phi) is 3.31. The third-order valence-electron chi connectivity index (χ3n) is 2.20. The molecule has 0 aliphatic heterocycles. The summed E-state index contributed by atoms with van der Waals surface area (Å²) < 4.78 is 0. The molecular formula is C11H12ClN3S. The van der Waals surface area contributed by atoms with E-state index >= 15 is 0 Å². The maximum Gasteiger partial charge on any atom is 0.151 e. The van der Waals surface area contributed by atoms with Crippen LogP contribution >= 0.6 is 22.9 Å². The molecule has 0 bridgehead atoms. The molecule has 0 aliphatic carbocycles. The first kappa shape index (κ1) is 11.2. The lowest BCUT2D eigenvalue weighted by Crippen LogP contribution is -2.18. The number of rotatable bonds is 3. The number of hydrogen-bond acceptors (Lipinski definition) is 4. The van der Waals surface area contributed by atoms with Crippen LogP contribution in [0.5, 0.6) is 0 Å². The molecule has 0 aliphatic rings. The van der Waals surface area contributed by atoms with Gasteiger partial charge in [-0.2, -0.15) is 0 Å². The van der Waals surface area contributed by atoms with Gasteiger partial charge in [0.05, 0.1) is 17.3 Å². The zero-order valence-corrected chi connectivity index (χ0v) is 10.4. The fraction of sp³-hybridized carbons (Fsp3) is 0.182. The lowest BCUT2D eigenvalue weighted by Gasteiger charge is -2.18. The van der Waals surface area contributed by atoms with Gasteiger partial charge in [-0.1, -0.05) is 17.7 Å². The molecule has 0 aromatic carbocycles. The second kappa shape index (κ2) is 4.72. The van der Waals surface area contributed by atoms with E-state index in [1.165, 1.54) is 4.88 Å². The second-order valence-electron chi connectivity index (χ2n) is 3.50. The number of pyridine rings is 1. The van der Waals surface area contributed by atoms with Crippen LogP contribution in [0.4, 0.5) is 11.5 Å². The van der Waals surface area contributed by atoms with Gasteiger partial charge in [0.15, 0.2) is 5.82 Å². The molecule has 2 N–H and O–H groups in total. The van der Waals surface area contributed by atoms with Crippen molar-refractivity contribution in [1.29, 1.82) is 0 Å². The number of anilines is 2. The second-order valence-corrected chi connectivity index (χ2v) is 4.97. The van der Waals surface area contributed by atoms with E-state index in [0.29, 0.717) is 10.7 Å². The zero-order valence-electron chi connectivity index (χ0n) is 8.85. The molecular weight excluding hydrogens is 242 g/mol. The van der Waals surface area contributed by atoms with Gasteiger partial charge in [0.2, 0.25) is 0 Å². The Morgan fingerprint density at radius 2 is 2.38 bits per heavy atom. The Morgan fingerprint density at radius 3 is 3.00 bits per heavy atom. The van der Waals surface area contributed by atoms with Gasteiger partial charge in [0, 0.05) is 18.1 Å². The van der Waals surface area contributed by atoms with Crippen LogP contribution in [0.2, 0.25) is 5.02 Å². The SMILES string of the molecule is CN(Cc1cccs1)c1ncc(Cl)cc1N. The van der Waals surface area contributed by atoms with Gasteiger partial charge in [0.1, 0.15) is 0 Å². The van der Waals surface area contributed by atoms with Crippen LogP contribution in [0.15, 0.2) is 29.8 Å². The normalized spacial score (nSPS) is 10.4. The molecule has 16 heavy (non-hydrogen) atoms. The lowest BCUT2D eigenvalue weighted by molar-refractivity contribution is 0.915. The van der Waals surface area contributed by atoms with Crippen molar-refractivity contribution in [1.82, 2.24) is 4.98 Å². The summed E-state index contributed by atoms with van der Waals surface area (Å²) in [6, 6.07) is 5.84. The highest BCUT2D eigenvalue weighted by atomic mass is 35.5. The average Bonchev–Trinajstić information content (AvgIpc) is 2.70. The van der Waals surface area contributed by atoms with Crippen LogP contribution in [-0.4, -0.2) is 12.0 Å². The minimum atomic E-state index is 0.561. The van der Waals surface area contributed by atoms with Crippen LogP contribution in [0, 0.1) is 0 Å². The number of nitrogen functional groups attached to an aromatic ring is 1. The topological polar surface area (TPSA) is 42.2 Å². The van der Waals surface area contributed by atoms with Gasteiger partial charge in [0.25, 0.3) is 0 Å². The molecule has 5 heteroatoms. The van der Waals surface area contributed by atoms with Crippen molar-refractivity contribution in [3.63, 3.8) is 0 Å². The molecule has 3 nitrogen and oxygen atoms in total. The number of aromatic nitrogens is 1. The van der Waals surface area contributed by atoms with Crippen LogP contribution < -0.4 is 10.6 Å². The summed E-state index contributed by atoms with van der Waals surface area (Å²) in [4.78, 5) is 7.52. The van der Waals surface area contributed by atoms with Gasteiger partial charge in [-0.05, 0) is 17.5 Å². The maximum atomic E-state index is 5.87. The third-order valence-corrected chi connectivity index (χ3v) is 3.26. The summed E-state index contributed by atoms with van der Waals surface area (Å²) in [5, 5.41) is 2.62. The molecule has 0 saturated heterocycles. The molecule has 0 radical (unpaired) electrons. The molecule has 0 atom stereocenters. The molecule has 2 heterocycles. The van der Waals surface area contributed by atoms with Gasteiger partial charge < -0.3 is 10.6 Å². The van der Waals surface area contributed by atoms with Crippen molar-refractivity contribution >= 4 is 34.4 Å². The Morgan fingerprint density at radius 1 is 1.56 bits per heavy atom. The molecule has 0 amide bonds. The molecule has 0 saturated carbocycles. The van der Waals surface area contributed by atoms with E-state index in [4.69, 9.17) is 17.3 Å². The van der Waals surface area contributed by atoms with E-state index in [1.807, 2.05) is 18.0 Å². The van der Waals surface area contributed by atoms with Crippen molar-refractivity contribution in [2.75, 3.05) is 17.7 Å². The summed E-state index contributed by atoms with van der Waals surface area (Å²) in [6.07, 6.45) is 1.61. The quantitative estimate of drug-likeness (QED) is 0.914. The molecule has 0 unspecified atom stereocenters. The van der Waals surface area contributed by atoms with Crippen molar-refractivity contribution in [3.8, 4) is 0 Å². The van der Waals surface area contributed by atoms with Crippen molar-refractivity contribution in [2.45, 2.75) is 6.54 Å². The minimum Gasteiger partial charge on any atom is -0.396 e. The molecule has 0 fully saturated rings. The predicted octanol–water partition coefficient (Wildman–Crippen LogP) is 3.02. The largest absolute Gasteiger partial charge is 0.396 e. The molecule has 2 rings (SSSR count). The maximum absolute atomic E-state index is 5.87. The van der Waals surface area contributed by atoms with Gasteiger partial charge in [-0.25, -0.2) is 4.98 Å². The van der Waals surface area contributed by atoms with Gasteiger partial charge >= 0.3 is 0 Å². The number of nitrogens with zero attached hydrogens (tertiary/aromatic N) is 2. The van der Waals surface area contributed by atoms with E-state index in [2.05, 4.69) is 16.4 Å². The summed E-state index contributed by atoms with van der Waals surface area (Å²) in [5.41, 5.74) is 6.47. The molecule has 0 spiro atoms. The zero-order chi connectivity index (χ0) is 11.5. The van der Waals surface area contributed by atoms with E-state index in [1.54, 1.807) is 23.6 Å². The Labute approximate surface area is 103 Å². The van der Waals surface area contributed by atoms with E-state index in [9.17, 15) is 0 Å². The van der Waals surface area contributed by atoms with E-state index < -0.39 is 0 Å². The van der Waals surface area contributed by atoms with Gasteiger partial charge in [-0.3, -0.25) is 0 Å². The Hall–Kier alpha value is -1.26. The van der Waals surface area contributed by atoms with Crippen LogP contribution in [-0.2, 0) is 6.54 Å². The Balaban J connectivity index is 2.17. The smallest absolute Gasteiger partial charge is 0.151 e. The highest BCUT2D eigenvalue weighted by molar-refractivity contribution is 7.09. The van der Waals surface area contributed by atoms with Crippen LogP contribution in [0.3, 0.4) is 0 Å². The summed E-state index contributed by atoms with van der Waals surface area (Å²) >= 11 is 7.52. The highest BCUT2D eigenvalue weighted by Gasteiger charge is 2.08. The number of thiophene rings is 1. The molecule has 2 aromatic heterocycles. The fourth-order valence-electron chi connectivity index (χ4n) is 1.48. The van der Waals surface area contributed by atoms with Crippen LogP contribution in [0.1, 0.15) is 4.88 Å². The minimum absolute atomic E-state index is 0.561. The standard InChI is InChI=1S/C11H12ClN3S/c1-15(7-9-3-2-4-16-9)11-10(13)5-8(12)6-14-11/h2-6H,7,13H2,1H3. The predicted molar refractivity (Wildman–Crippen MR) is 70.1 cm³/mol. The summed E-state index contributed by atoms with van der Waals surface area (Å²) in [7, 11) is 1.96. The molecule has 2 aromatic rings. The summed E-state index contributed by atoms with van der Waals surface area (Å²) in [5.74, 6) is 0.762. The van der Waals surface area contributed by atoms with Crippen molar-refractivity contribution in [2.24, 2.45) is 0 Å². The average molecular weight is 254 g/mol. The first-order chi connectivity index (χ1) is 7.66. The van der Waals surface area contributed by atoms with Crippen molar-refractivity contribution in [3.05, 3.63) is 39.7 Å². The van der Waals surface area contributed by atoms with Gasteiger partial charge in [-0.15, -0.1) is 11.3 Å². The van der Waals surface area contributed by atoms with Crippen LogP contribution in [0.25, 0.3) is 0 Å². The molecule has 84 valence electrons. The van der Waals surface area contributed by atoms with E-state index in [0.717, 1.165) is 12.4 Å². The fourth-order valence-corrected chi connectivity index (χ4v) is 2.40.